The summed E-state index contributed by atoms with van der Waals surface area (Å²) in [5.41, 5.74) is 6.96. The van der Waals surface area contributed by atoms with Crippen LogP contribution >= 0.6 is 0 Å². The van der Waals surface area contributed by atoms with Crippen LogP contribution in [0.4, 0.5) is 11.6 Å². The van der Waals surface area contributed by atoms with Crippen molar-refractivity contribution in [2.45, 2.75) is 58.9 Å². The number of aromatic nitrogens is 2. The van der Waals surface area contributed by atoms with E-state index in [1.54, 1.807) is 0 Å². The van der Waals surface area contributed by atoms with Crippen LogP contribution in [-0.4, -0.2) is 16.0 Å². The van der Waals surface area contributed by atoms with Crippen molar-refractivity contribution in [1.29, 1.82) is 0 Å². The Balaban J connectivity index is 2.25. The van der Waals surface area contributed by atoms with E-state index in [0.29, 0.717) is 23.7 Å². The van der Waals surface area contributed by atoms with Gasteiger partial charge in [-0.3, -0.25) is 0 Å². The molecule has 1 unspecified atom stereocenters. The lowest BCUT2D eigenvalue weighted by atomic mass is 10.0. The summed E-state index contributed by atoms with van der Waals surface area (Å²) in [6.07, 6.45) is 3.48. The van der Waals surface area contributed by atoms with Gasteiger partial charge in [0.2, 0.25) is 0 Å². The van der Waals surface area contributed by atoms with Gasteiger partial charge in [0.05, 0.1) is 0 Å². The summed E-state index contributed by atoms with van der Waals surface area (Å²) in [5.74, 6) is 3.57. The second-order valence-electron chi connectivity index (χ2n) is 5.62. The molecule has 0 saturated heterocycles. The molecule has 4 heteroatoms. The van der Waals surface area contributed by atoms with Gasteiger partial charge >= 0.3 is 0 Å². The summed E-state index contributed by atoms with van der Waals surface area (Å²) in [6, 6.07) is 0.435. The van der Waals surface area contributed by atoms with Gasteiger partial charge in [0.25, 0.3) is 0 Å². The summed E-state index contributed by atoms with van der Waals surface area (Å²) >= 11 is 0. The van der Waals surface area contributed by atoms with Gasteiger partial charge in [-0.15, -0.1) is 0 Å². The number of nitrogens with one attached hydrogen (secondary N) is 1. The molecule has 1 saturated carbocycles. The molecule has 1 aliphatic rings. The molecule has 3 N–H and O–H groups in total. The Morgan fingerprint density at radius 2 is 2.00 bits per heavy atom. The Hall–Kier alpha value is -1.32. The lowest BCUT2D eigenvalue weighted by molar-refractivity contribution is 0.509. The number of hydrogen-bond donors (Lipinski definition) is 2. The van der Waals surface area contributed by atoms with E-state index in [0.717, 1.165) is 23.6 Å². The van der Waals surface area contributed by atoms with Crippen LogP contribution in [0, 0.1) is 12.8 Å². The molecule has 0 aromatic carbocycles. The first-order valence-corrected chi connectivity index (χ1v) is 6.93. The Labute approximate surface area is 109 Å². The van der Waals surface area contributed by atoms with E-state index in [2.05, 4.69) is 36.1 Å². The predicted octanol–water partition coefficient (Wildman–Crippen LogP) is 3.09. The van der Waals surface area contributed by atoms with Crippen molar-refractivity contribution in [3.8, 4) is 0 Å². The van der Waals surface area contributed by atoms with Crippen molar-refractivity contribution >= 4 is 11.6 Å². The van der Waals surface area contributed by atoms with Gasteiger partial charge in [0, 0.05) is 17.5 Å². The summed E-state index contributed by atoms with van der Waals surface area (Å²) < 4.78 is 0. The second kappa shape index (κ2) is 5.12. The lowest BCUT2D eigenvalue weighted by Gasteiger charge is -2.23. The molecule has 1 fully saturated rings. The summed E-state index contributed by atoms with van der Waals surface area (Å²) in [4.78, 5) is 9.06. The Kier molecular flexibility index (Phi) is 3.73. The van der Waals surface area contributed by atoms with Crippen molar-refractivity contribution in [1.82, 2.24) is 9.97 Å². The topological polar surface area (TPSA) is 63.8 Å². The highest BCUT2D eigenvalue weighted by Gasteiger charge is 2.28. The van der Waals surface area contributed by atoms with Crippen LogP contribution in [0.1, 0.15) is 57.3 Å². The van der Waals surface area contributed by atoms with Crippen molar-refractivity contribution < 1.29 is 0 Å². The average Bonchev–Trinajstić information content (AvgIpc) is 3.14. The first kappa shape index (κ1) is 13.1. The molecule has 100 valence electrons. The molecule has 1 atom stereocenters. The van der Waals surface area contributed by atoms with Gasteiger partial charge < -0.3 is 11.1 Å². The third-order valence-electron chi connectivity index (χ3n) is 3.71. The molecule has 0 amide bonds. The van der Waals surface area contributed by atoms with E-state index in [4.69, 9.17) is 5.73 Å². The number of nitrogen functional groups attached to an aromatic ring is 1. The number of anilines is 2. The lowest BCUT2D eigenvalue weighted by Crippen LogP contribution is -2.26. The van der Waals surface area contributed by atoms with Crippen LogP contribution in [0.5, 0.6) is 0 Å². The maximum Gasteiger partial charge on any atom is 0.136 e. The zero-order valence-corrected chi connectivity index (χ0v) is 11.8. The molecule has 1 aliphatic carbocycles. The molecule has 1 aromatic heterocycles. The molecular weight excluding hydrogens is 224 g/mol. The zero-order valence-electron chi connectivity index (χ0n) is 11.8. The maximum absolute atomic E-state index is 5.99. The van der Waals surface area contributed by atoms with Crippen LogP contribution in [0.3, 0.4) is 0 Å². The number of hydrogen-bond acceptors (Lipinski definition) is 4. The highest BCUT2D eigenvalue weighted by molar-refractivity contribution is 5.55. The Bertz CT molecular complexity index is 424. The SMILES string of the molecule is CCC(Nc1nc(C2CC2)nc(N)c1C)C(C)C. The molecule has 4 nitrogen and oxygen atoms in total. The smallest absolute Gasteiger partial charge is 0.136 e. The second-order valence-corrected chi connectivity index (χ2v) is 5.62. The van der Waals surface area contributed by atoms with E-state index < -0.39 is 0 Å². The molecule has 1 heterocycles. The first-order chi connectivity index (χ1) is 8.52. The molecule has 0 bridgehead atoms. The standard InChI is InChI=1S/C14H24N4/c1-5-11(8(2)3)16-13-9(4)12(15)17-14(18-13)10-6-7-10/h8,10-11H,5-7H2,1-4H3,(H3,15,16,17,18). The average molecular weight is 248 g/mol. The summed E-state index contributed by atoms with van der Waals surface area (Å²) in [6.45, 7) is 8.63. The van der Waals surface area contributed by atoms with E-state index in [1.807, 2.05) is 6.92 Å². The fourth-order valence-electron chi connectivity index (χ4n) is 2.13. The van der Waals surface area contributed by atoms with Gasteiger partial charge in [0.15, 0.2) is 0 Å². The van der Waals surface area contributed by atoms with Crippen molar-refractivity contribution in [3.63, 3.8) is 0 Å². The highest BCUT2D eigenvalue weighted by Crippen LogP contribution is 2.39. The van der Waals surface area contributed by atoms with E-state index in [-0.39, 0.29) is 0 Å². The van der Waals surface area contributed by atoms with Crippen LogP contribution < -0.4 is 11.1 Å². The molecule has 0 aliphatic heterocycles. The highest BCUT2D eigenvalue weighted by atomic mass is 15.1. The minimum atomic E-state index is 0.435. The van der Waals surface area contributed by atoms with E-state index >= 15 is 0 Å². The fraction of sp³-hybridized carbons (Fsp3) is 0.714. The van der Waals surface area contributed by atoms with Gasteiger partial charge in [-0.25, -0.2) is 9.97 Å². The summed E-state index contributed by atoms with van der Waals surface area (Å²) in [7, 11) is 0. The maximum atomic E-state index is 5.99. The van der Waals surface area contributed by atoms with Gasteiger partial charge in [-0.2, -0.15) is 0 Å². The molecule has 0 spiro atoms. The van der Waals surface area contributed by atoms with Crippen molar-refractivity contribution in [2.75, 3.05) is 11.1 Å². The van der Waals surface area contributed by atoms with Crippen LogP contribution in [0.25, 0.3) is 0 Å². The minimum absolute atomic E-state index is 0.435. The van der Waals surface area contributed by atoms with Crippen molar-refractivity contribution in [3.05, 3.63) is 11.4 Å². The van der Waals surface area contributed by atoms with Gasteiger partial charge in [0.1, 0.15) is 17.5 Å². The monoisotopic (exact) mass is 248 g/mol. The zero-order chi connectivity index (χ0) is 13.3. The fourth-order valence-corrected chi connectivity index (χ4v) is 2.13. The third-order valence-corrected chi connectivity index (χ3v) is 3.71. The third kappa shape index (κ3) is 2.74. The van der Waals surface area contributed by atoms with Crippen LogP contribution in [-0.2, 0) is 0 Å². The first-order valence-electron chi connectivity index (χ1n) is 6.93. The molecule has 1 aromatic rings. The number of nitrogens with two attached hydrogens (primary N) is 1. The van der Waals surface area contributed by atoms with Crippen molar-refractivity contribution in [2.24, 2.45) is 5.92 Å². The van der Waals surface area contributed by atoms with Gasteiger partial charge in [-0.05, 0) is 32.1 Å². The van der Waals surface area contributed by atoms with Crippen LogP contribution in [0.2, 0.25) is 0 Å². The van der Waals surface area contributed by atoms with Crippen LogP contribution in [0.15, 0.2) is 0 Å². The normalized spacial score (nSPS) is 16.9. The molecule has 2 rings (SSSR count). The minimum Gasteiger partial charge on any atom is -0.383 e. The quantitative estimate of drug-likeness (QED) is 0.840. The van der Waals surface area contributed by atoms with Gasteiger partial charge in [-0.1, -0.05) is 20.8 Å². The Morgan fingerprint density at radius 1 is 1.33 bits per heavy atom. The van der Waals surface area contributed by atoms with E-state index in [1.165, 1.54) is 12.8 Å². The Morgan fingerprint density at radius 3 is 2.50 bits per heavy atom. The van der Waals surface area contributed by atoms with E-state index in [9.17, 15) is 0 Å². The number of rotatable bonds is 5. The number of nitrogens with zero attached hydrogens (tertiary/aromatic N) is 2. The predicted molar refractivity (Wildman–Crippen MR) is 75.7 cm³/mol. The largest absolute Gasteiger partial charge is 0.383 e. The summed E-state index contributed by atoms with van der Waals surface area (Å²) in [5, 5.41) is 3.53. The molecule has 18 heavy (non-hydrogen) atoms. The molecular formula is C14H24N4. The molecule has 0 radical (unpaired) electrons.